The van der Waals surface area contributed by atoms with Crippen LogP contribution in [0, 0.1) is 0 Å². The second-order valence-electron chi connectivity index (χ2n) is 2.96. The molecule has 0 aliphatic rings. The predicted octanol–water partition coefficient (Wildman–Crippen LogP) is 2.26. The third-order valence-electron chi connectivity index (χ3n) is 1.82. The normalized spacial score (nSPS) is 10.0. The lowest BCUT2D eigenvalue weighted by Crippen LogP contribution is -2.17. The molecule has 1 aromatic carbocycles. The molecule has 3 nitrogen and oxygen atoms in total. The molecule has 0 saturated carbocycles. The molecule has 1 aromatic rings. The van der Waals surface area contributed by atoms with Crippen molar-refractivity contribution in [1.82, 2.24) is 5.32 Å². The lowest BCUT2D eigenvalue weighted by atomic mass is 10.3. The second kappa shape index (κ2) is 6.02. The predicted molar refractivity (Wildman–Crippen MR) is 68.0 cm³/mol. The Bertz CT molecular complexity index is 357. The first kappa shape index (κ1) is 12.4. The molecule has 0 radical (unpaired) electrons. The molecule has 3 N–H and O–H groups in total. The summed E-state index contributed by atoms with van der Waals surface area (Å²) in [5.41, 5.74) is 6.36. The summed E-state index contributed by atoms with van der Waals surface area (Å²) in [4.78, 5) is 12.1. The second-order valence-corrected chi connectivity index (χ2v) is 4.95. The van der Waals surface area contributed by atoms with Crippen molar-refractivity contribution in [2.24, 2.45) is 0 Å². The monoisotopic (exact) mass is 288 g/mol. The molecule has 0 atom stereocenters. The van der Waals surface area contributed by atoms with Crippen LogP contribution >= 0.6 is 27.7 Å². The lowest BCUT2D eigenvalue weighted by Gasteiger charge is -2.04. The van der Waals surface area contributed by atoms with Gasteiger partial charge < -0.3 is 11.1 Å². The summed E-state index contributed by atoms with van der Waals surface area (Å²) in [5, 5.41) is 2.59. The largest absolute Gasteiger partial charge is 0.399 e. The van der Waals surface area contributed by atoms with E-state index in [1.54, 1.807) is 18.8 Å². The van der Waals surface area contributed by atoms with Crippen LogP contribution in [0.4, 0.5) is 5.69 Å². The van der Waals surface area contributed by atoms with Crippen LogP contribution in [-0.4, -0.2) is 18.7 Å². The van der Waals surface area contributed by atoms with Gasteiger partial charge in [-0.15, -0.1) is 11.8 Å². The van der Waals surface area contributed by atoms with Gasteiger partial charge in [-0.2, -0.15) is 0 Å². The number of halogens is 1. The van der Waals surface area contributed by atoms with Gasteiger partial charge in [0.1, 0.15) is 0 Å². The minimum absolute atomic E-state index is 0.0640. The van der Waals surface area contributed by atoms with Crippen LogP contribution in [-0.2, 0) is 4.79 Å². The fraction of sp³-hybridized carbons (Fsp3) is 0.300. The minimum Gasteiger partial charge on any atom is -0.399 e. The molecule has 0 fully saturated rings. The van der Waals surface area contributed by atoms with Gasteiger partial charge in [-0.05, 0) is 34.1 Å². The highest BCUT2D eigenvalue weighted by Gasteiger charge is 2.03. The van der Waals surface area contributed by atoms with Crippen molar-refractivity contribution in [3.8, 4) is 0 Å². The number of rotatable bonds is 4. The standard InChI is InChI=1S/C10H13BrN2OS/c1-13-10(14)4-5-15-9-3-2-7(12)6-8(9)11/h2-3,6H,4-5,12H2,1H3,(H,13,14). The third-order valence-corrected chi connectivity index (χ3v) is 3.82. The van der Waals surface area contributed by atoms with E-state index in [9.17, 15) is 4.79 Å². The molecule has 0 aliphatic carbocycles. The Labute approximate surface area is 102 Å². The highest BCUT2D eigenvalue weighted by Crippen LogP contribution is 2.29. The number of benzene rings is 1. The van der Waals surface area contributed by atoms with E-state index in [-0.39, 0.29) is 5.91 Å². The van der Waals surface area contributed by atoms with Crippen LogP contribution in [0.25, 0.3) is 0 Å². The molecule has 0 aliphatic heterocycles. The number of carbonyl (C=O) groups is 1. The fourth-order valence-electron chi connectivity index (χ4n) is 1.01. The highest BCUT2D eigenvalue weighted by atomic mass is 79.9. The van der Waals surface area contributed by atoms with Crippen molar-refractivity contribution in [1.29, 1.82) is 0 Å². The van der Waals surface area contributed by atoms with Gasteiger partial charge >= 0.3 is 0 Å². The van der Waals surface area contributed by atoms with Gasteiger partial charge in [0.15, 0.2) is 0 Å². The smallest absolute Gasteiger partial charge is 0.220 e. The molecule has 0 saturated heterocycles. The molecule has 82 valence electrons. The minimum atomic E-state index is 0.0640. The van der Waals surface area contributed by atoms with E-state index in [0.717, 1.165) is 20.8 Å². The van der Waals surface area contributed by atoms with Gasteiger partial charge in [-0.3, -0.25) is 4.79 Å². The molecular weight excluding hydrogens is 276 g/mol. The molecule has 1 amide bonds. The summed E-state index contributed by atoms with van der Waals surface area (Å²) in [7, 11) is 1.64. The number of thioether (sulfide) groups is 1. The number of nitrogens with two attached hydrogens (primary N) is 1. The number of carbonyl (C=O) groups excluding carboxylic acids is 1. The molecule has 0 unspecified atom stereocenters. The number of nitrogens with one attached hydrogen (secondary N) is 1. The summed E-state index contributed by atoms with van der Waals surface area (Å²) in [6, 6.07) is 5.67. The first-order valence-corrected chi connectivity index (χ1v) is 6.29. The van der Waals surface area contributed by atoms with E-state index in [2.05, 4.69) is 21.2 Å². The van der Waals surface area contributed by atoms with Gasteiger partial charge in [0, 0.05) is 34.3 Å². The van der Waals surface area contributed by atoms with Crippen LogP contribution < -0.4 is 11.1 Å². The van der Waals surface area contributed by atoms with E-state index in [1.165, 1.54) is 0 Å². The van der Waals surface area contributed by atoms with Gasteiger partial charge in [0.25, 0.3) is 0 Å². The quantitative estimate of drug-likeness (QED) is 0.660. The fourth-order valence-corrected chi connectivity index (χ4v) is 2.62. The lowest BCUT2D eigenvalue weighted by molar-refractivity contribution is -0.120. The van der Waals surface area contributed by atoms with Crippen LogP contribution in [0.1, 0.15) is 6.42 Å². The highest BCUT2D eigenvalue weighted by molar-refractivity contribution is 9.10. The van der Waals surface area contributed by atoms with Crippen molar-refractivity contribution < 1.29 is 4.79 Å². The molecule has 0 bridgehead atoms. The van der Waals surface area contributed by atoms with Crippen LogP contribution in [0.2, 0.25) is 0 Å². The average Bonchev–Trinajstić information content (AvgIpc) is 2.21. The number of hydrogen-bond donors (Lipinski definition) is 2. The Morgan fingerprint density at radius 3 is 2.93 bits per heavy atom. The van der Waals surface area contributed by atoms with Crippen LogP contribution in [0.3, 0.4) is 0 Å². The Morgan fingerprint density at radius 1 is 1.60 bits per heavy atom. The number of anilines is 1. The molecule has 15 heavy (non-hydrogen) atoms. The van der Waals surface area contributed by atoms with Crippen molar-refractivity contribution in [2.45, 2.75) is 11.3 Å². The molecule has 0 aromatic heterocycles. The maximum absolute atomic E-state index is 11.0. The number of amides is 1. The van der Waals surface area contributed by atoms with Crippen molar-refractivity contribution in [2.75, 3.05) is 18.5 Å². The summed E-state index contributed by atoms with van der Waals surface area (Å²) < 4.78 is 0.976. The maximum Gasteiger partial charge on any atom is 0.220 e. The van der Waals surface area contributed by atoms with Crippen molar-refractivity contribution in [3.05, 3.63) is 22.7 Å². The first-order chi connectivity index (χ1) is 7.13. The Hall–Kier alpha value is -0.680. The van der Waals surface area contributed by atoms with Gasteiger partial charge in [-0.1, -0.05) is 0 Å². The SMILES string of the molecule is CNC(=O)CCSc1ccc(N)cc1Br. The topological polar surface area (TPSA) is 55.1 Å². The van der Waals surface area contributed by atoms with Gasteiger partial charge in [0.05, 0.1) is 0 Å². The molecule has 1 rings (SSSR count). The van der Waals surface area contributed by atoms with E-state index >= 15 is 0 Å². The van der Waals surface area contributed by atoms with Crippen LogP contribution in [0.15, 0.2) is 27.6 Å². The Kier molecular flexibility index (Phi) is 4.98. The Morgan fingerprint density at radius 2 is 2.33 bits per heavy atom. The Balaban J connectivity index is 2.47. The van der Waals surface area contributed by atoms with Gasteiger partial charge in [0.2, 0.25) is 5.91 Å². The van der Waals surface area contributed by atoms with E-state index < -0.39 is 0 Å². The zero-order chi connectivity index (χ0) is 11.3. The van der Waals surface area contributed by atoms with Crippen molar-refractivity contribution >= 4 is 39.3 Å². The summed E-state index contributed by atoms with van der Waals surface area (Å²) >= 11 is 5.07. The molecule has 0 heterocycles. The van der Waals surface area contributed by atoms with E-state index in [4.69, 9.17) is 5.73 Å². The van der Waals surface area contributed by atoms with E-state index in [0.29, 0.717) is 6.42 Å². The van der Waals surface area contributed by atoms with Crippen LogP contribution in [0.5, 0.6) is 0 Å². The first-order valence-electron chi connectivity index (χ1n) is 4.52. The zero-order valence-corrected chi connectivity index (χ0v) is 10.8. The number of nitrogen functional groups attached to an aromatic ring is 1. The summed E-state index contributed by atoms with van der Waals surface area (Å²) in [6.07, 6.45) is 0.526. The van der Waals surface area contributed by atoms with E-state index in [1.807, 2.05) is 18.2 Å². The van der Waals surface area contributed by atoms with Gasteiger partial charge in [-0.25, -0.2) is 0 Å². The number of hydrogen-bond acceptors (Lipinski definition) is 3. The zero-order valence-electron chi connectivity index (χ0n) is 8.42. The maximum atomic E-state index is 11.0. The van der Waals surface area contributed by atoms with Crippen molar-refractivity contribution in [3.63, 3.8) is 0 Å². The summed E-state index contributed by atoms with van der Waals surface area (Å²) in [6.45, 7) is 0. The molecule has 5 heteroatoms. The molecule has 0 spiro atoms. The molecular formula is C10H13BrN2OS. The summed E-state index contributed by atoms with van der Waals surface area (Å²) in [5.74, 6) is 0.830. The average molecular weight is 289 g/mol. The third kappa shape index (κ3) is 4.13.